The Balaban J connectivity index is 1.91. The summed E-state index contributed by atoms with van der Waals surface area (Å²) in [6.45, 7) is -0.132. The quantitative estimate of drug-likeness (QED) is 0.918. The van der Waals surface area contributed by atoms with E-state index in [1.165, 1.54) is 0 Å². The third-order valence-corrected chi connectivity index (χ3v) is 6.53. The molecule has 0 bridgehead atoms. The van der Waals surface area contributed by atoms with E-state index in [9.17, 15) is 13.5 Å². The molecule has 0 spiro atoms. The molecule has 2 aromatic rings. The minimum absolute atomic E-state index is 0.132. The van der Waals surface area contributed by atoms with Crippen molar-refractivity contribution in [2.24, 2.45) is 5.92 Å². The maximum atomic E-state index is 12.7. The minimum Gasteiger partial charge on any atom is -0.497 e. The SMILES string of the molecule is COc1ccc([C@H]2[C@H](CO)[C@@H]2S(=O)(=O)c2ccccc2)cc1. The van der Waals surface area contributed by atoms with Crippen molar-refractivity contribution in [2.75, 3.05) is 13.7 Å². The first-order valence-electron chi connectivity index (χ1n) is 7.13. The zero-order chi connectivity index (χ0) is 15.7. The fraction of sp³-hybridized carbons (Fsp3) is 0.294. The van der Waals surface area contributed by atoms with Gasteiger partial charge in [0, 0.05) is 18.4 Å². The van der Waals surface area contributed by atoms with Gasteiger partial charge in [-0.1, -0.05) is 30.3 Å². The van der Waals surface area contributed by atoms with Crippen LogP contribution in [0.25, 0.3) is 0 Å². The molecule has 116 valence electrons. The second-order valence-corrected chi connectivity index (χ2v) is 7.57. The molecule has 1 saturated carbocycles. The average Bonchev–Trinajstić information content (AvgIpc) is 3.31. The highest BCUT2D eigenvalue weighted by molar-refractivity contribution is 7.92. The normalized spacial score (nSPS) is 24.0. The summed E-state index contributed by atoms with van der Waals surface area (Å²) < 4.78 is 30.6. The Kier molecular flexibility index (Phi) is 3.93. The fourth-order valence-corrected chi connectivity index (χ4v) is 5.23. The molecule has 1 aliphatic rings. The minimum atomic E-state index is -3.43. The lowest BCUT2D eigenvalue weighted by atomic mass is 10.1. The molecule has 0 amide bonds. The molecule has 1 aliphatic carbocycles. The fourth-order valence-electron chi connectivity index (χ4n) is 3.01. The molecular formula is C17H18O4S. The lowest BCUT2D eigenvalue weighted by Gasteiger charge is -2.05. The number of sulfone groups is 1. The molecule has 22 heavy (non-hydrogen) atoms. The zero-order valence-electron chi connectivity index (χ0n) is 12.2. The van der Waals surface area contributed by atoms with Crippen molar-refractivity contribution >= 4 is 9.84 Å². The van der Waals surface area contributed by atoms with E-state index in [0.29, 0.717) is 4.90 Å². The van der Waals surface area contributed by atoms with Crippen molar-refractivity contribution < 1.29 is 18.3 Å². The molecule has 4 nitrogen and oxygen atoms in total. The molecule has 0 saturated heterocycles. The van der Waals surface area contributed by atoms with Crippen molar-refractivity contribution in [2.45, 2.75) is 16.1 Å². The molecular weight excluding hydrogens is 300 g/mol. The maximum Gasteiger partial charge on any atom is 0.182 e. The van der Waals surface area contributed by atoms with Gasteiger partial charge in [0.05, 0.1) is 17.3 Å². The van der Waals surface area contributed by atoms with Crippen molar-refractivity contribution in [3.05, 3.63) is 60.2 Å². The number of methoxy groups -OCH3 is 1. The van der Waals surface area contributed by atoms with Crippen molar-refractivity contribution in [1.29, 1.82) is 0 Å². The lowest BCUT2D eigenvalue weighted by molar-refractivity contribution is 0.274. The van der Waals surface area contributed by atoms with Crippen LogP contribution in [0.15, 0.2) is 59.5 Å². The highest BCUT2D eigenvalue weighted by atomic mass is 32.2. The smallest absolute Gasteiger partial charge is 0.182 e. The van der Waals surface area contributed by atoms with Crippen LogP contribution in [0.1, 0.15) is 11.5 Å². The number of benzene rings is 2. The Labute approximate surface area is 130 Å². The molecule has 0 unspecified atom stereocenters. The Hall–Kier alpha value is -1.85. The second-order valence-electron chi connectivity index (χ2n) is 5.47. The van der Waals surface area contributed by atoms with Gasteiger partial charge in [-0.15, -0.1) is 0 Å². The van der Waals surface area contributed by atoms with E-state index in [-0.39, 0.29) is 18.4 Å². The van der Waals surface area contributed by atoms with Gasteiger partial charge >= 0.3 is 0 Å². The van der Waals surface area contributed by atoms with Crippen LogP contribution >= 0.6 is 0 Å². The van der Waals surface area contributed by atoms with E-state index in [0.717, 1.165) is 11.3 Å². The summed E-state index contributed by atoms with van der Waals surface area (Å²) in [6, 6.07) is 15.8. The van der Waals surface area contributed by atoms with Gasteiger partial charge in [0.15, 0.2) is 9.84 Å². The van der Waals surface area contributed by atoms with Crippen LogP contribution in [-0.4, -0.2) is 32.5 Å². The number of hydrogen-bond acceptors (Lipinski definition) is 4. The lowest BCUT2D eigenvalue weighted by Crippen LogP contribution is -2.11. The highest BCUT2D eigenvalue weighted by Gasteiger charge is 2.58. The average molecular weight is 318 g/mol. The topological polar surface area (TPSA) is 63.6 Å². The largest absolute Gasteiger partial charge is 0.497 e. The van der Waals surface area contributed by atoms with Crippen LogP contribution in [0, 0.1) is 5.92 Å². The Morgan fingerprint density at radius 2 is 1.68 bits per heavy atom. The summed E-state index contributed by atoms with van der Waals surface area (Å²) in [6.07, 6.45) is 0. The van der Waals surface area contributed by atoms with Gasteiger partial charge < -0.3 is 9.84 Å². The highest BCUT2D eigenvalue weighted by Crippen LogP contribution is 2.53. The number of aliphatic hydroxyl groups excluding tert-OH is 1. The maximum absolute atomic E-state index is 12.7. The first-order valence-corrected chi connectivity index (χ1v) is 8.68. The molecule has 0 heterocycles. The summed E-state index contributed by atoms with van der Waals surface area (Å²) in [5.74, 6) is 0.312. The number of aliphatic hydroxyl groups is 1. The molecule has 5 heteroatoms. The molecule has 1 fully saturated rings. The van der Waals surface area contributed by atoms with Gasteiger partial charge in [0.25, 0.3) is 0 Å². The Morgan fingerprint density at radius 1 is 1.05 bits per heavy atom. The third kappa shape index (κ3) is 2.51. The van der Waals surface area contributed by atoms with E-state index in [4.69, 9.17) is 4.74 Å². The van der Waals surface area contributed by atoms with Crippen LogP contribution in [0.3, 0.4) is 0 Å². The molecule has 2 aromatic carbocycles. The van der Waals surface area contributed by atoms with E-state index in [2.05, 4.69) is 0 Å². The molecule has 3 rings (SSSR count). The number of ether oxygens (including phenoxy) is 1. The van der Waals surface area contributed by atoms with Gasteiger partial charge in [-0.2, -0.15) is 0 Å². The van der Waals surface area contributed by atoms with Crippen LogP contribution in [0.4, 0.5) is 0 Å². The van der Waals surface area contributed by atoms with Gasteiger partial charge in [0.2, 0.25) is 0 Å². The van der Waals surface area contributed by atoms with Crippen LogP contribution in [0.2, 0.25) is 0 Å². The van der Waals surface area contributed by atoms with Gasteiger partial charge in [-0.05, 0) is 29.8 Å². The van der Waals surface area contributed by atoms with Gasteiger partial charge in [-0.25, -0.2) is 8.42 Å². The Morgan fingerprint density at radius 3 is 2.23 bits per heavy atom. The second kappa shape index (κ2) is 5.74. The van der Waals surface area contributed by atoms with E-state index in [1.54, 1.807) is 37.4 Å². The van der Waals surface area contributed by atoms with Crippen molar-refractivity contribution in [1.82, 2.24) is 0 Å². The first kappa shape index (κ1) is 15.1. The summed E-state index contributed by atoms with van der Waals surface area (Å²) in [5.41, 5.74) is 0.921. The van der Waals surface area contributed by atoms with Gasteiger partial charge in [-0.3, -0.25) is 0 Å². The van der Waals surface area contributed by atoms with E-state index < -0.39 is 15.1 Å². The zero-order valence-corrected chi connectivity index (χ0v) is 13.0. The first-order chi connectivity index (χ1) is 10.6. The standard InChI is InChI=1S/C17H18O4S/c1-21-13-9-7-12(8-10-13)16-15(11-18)17(16)22(19,20)14-5-3-2-4-6-14/h2-10,15-18H,11H2,1H3/t15-,16-,17-/m0/s1. The predicted octanol–water partition coefficient (Wildman–Crippen LogP) is 2.24. The van der Waals surface area contributed by atoms with Gasteiger partial charge in [0.1, 0.15) is 5.75 Å². The summed E-state index contributed by atoms with van der Waals surface area (Å²) in [4.78, 5) is 0.314. The van der Waals surface area contributed by atoms with E-state index >= 15 is 0 Å². The molecule has 0 aliphatic heterocycles. The predicted molar refractivity (Wildman–Crippen MR) is 83.7 cm³/mol. The molecule has 1 N–H and O–H groups in total. The molecule has 3 atom stereocenters. The van der Waals surface area contributed by atoms with Crippen LogP contribution < -0.4 is 4.74 Å². The van der Waals surface area contributed by atoms with E-state index in [1.807, 2.05) is 24.3 Å². The summed E-state index contributed by atoms with van der Waals surface area (Å²) >= 11 is 0. The number of rotatable bonds is 5. The number of hydrogen-bond donors (Lipinski definition) is 1. The third-order valence-electron chi connectivity index (χ3n) is 4.24. The van der Waals surface area contributed by atoms with Crippen molar-refractivity contribution in [3.63, 3.8) is 0 Å². The summed E-state index contributed by atoms with van der Waals surface area (Å²) in [7, 11) is -1.84. The monoisotopic (exact) mass is 318 g/mol. The molecule has 0 aromatic heterocycles. The molecule has 0 radical (unpaired) electrons. The Bertz CT molecular complexity index is 738. The van der Waals surface area contributed by atoms with Crippen LogP contribution in [0.5, 0.6) is 5.75 Å². The van der Waals surface area contributed by atoms with Crippen molar-refractivity contribution in [3.8, 4) is 5.75 Å². The van der Waals surface area contributed by atoms with Crippen LogP contribution in [-0.2, 0) is 9.84 Å². The summed E-state index contributed by atoms with van der Waals surface area (Å²) in [5, 5.41) is 8.97.